The SMILES string of the molecule is CCCCCCCCCCCCCCCCCCOCC(COP(=O)(O)OCCBr)OC(=O)NCCCC. The Morgan fingerprint density at radius 1 is 0.737 bits per heavy atom. The molecule has 0 aromatic rings. The van der Waals surface area contributed by atoms with Gasteiger partial charge in [0.15, 0.2) is 6.10 Å². The highest BCUT2D eigenvalue weighted by molar-refractivity contribution is 9.09. The van der Waals surface area contributed by atoms with Crippen LogP contribution < -0.4 is 5.32 Å². The standard InChI is InChI=1S/C28H57BrNO7P/c1-3-5-7-8-9-10-11-12-13-14-15-16-17-18-19-20-23-34-25-27(37-28(31)30-22-6-4-2)26-36-38(32,33)35-24-21-29/h27H,3-26H2,1-2H3,(H,30,31)(H,32,33). The van der Waals surface area contributed by atoms with Crippen LogP contribution in [0, 0.1) is 0 Å². The molecule has 0 aliphatic carbocycles. The molecule has 0 aromatic carbocycles. The van der Waals surface area contributed by atoms with E-state index in [0.717, 1.165) is 25.7 Å². The second-order valence-electron chi connectivity index (χ2n) is 9.97. The fourth-order valence-corrected chi connectivity index (χ4v) is 5.17. The van der Waals surface area contributed by atoms with E-state index in [1.54, 1.807) is 0 Å². The molecule has 0 radical (unpaired) electrons. The Morgan fingerprint density at radius 2 is 1.24 bits per heavy atom. The normalized spacial score (nSPS) is 13.8. The lowest BCUT2D eigenvalue weighted by Crippen LogP contribution is -2.34. The molecule has 0 rings (SSSR count). The van der Waals surface area contributed by atoms with Crippen LogP contribution in [-0.4, -0.2) is 55.4 Å². The first kappa shape index (κ1) is 37.8. The number of hydrogen-bond acceptors (Lipinski definition) is 6. The highest BCUT2D eigenvalue weighted by Crippen LogP contribution is 2.43. The van der Waals surface area contributed by atoms with Gasteiger partial charge in [-0.2, -0.15) is 0 Å². The van der Waals surface area contributed by atoms with E-state index in [0.29, 0.717) is 18.5 Å². The highest BCUT2D eigenvalue weighted by atomic mass is 79.9. The molecule has 1 amide bonds. The van der Waals surface area contributed by atoms with Crippen LogP contribution in [-0.2, 0) is 23.1 Å². The van der Waals surface area contributed by atoms with Crippen molar-refractivity contribution in [1.82, 2.24) is 5.32 Å². The topological polar surface area (TPSA) is 103 Å². The molecule has 0 saturated heterocycles. The lowest BCUT2D eigenvalue weighted by molar-refractivity contribution is -0.00951. The van der Waals surface area contributed by atoms with Crippen molar-refractivity contribution in [3.05, 3.63) is 0 Å². The van der Waals surface area contributed by atoms with Crippen molar-refractivity contribution in [2.24, 2.45) is 0 Å². The third-order valence-electron chi connectivity index (χ3n) is 6.27. The zero-order chi connectivity index (χ0) is 28.2. The van der Waals surface area contributed by atoms with Gasteiger partial charge >= 0.3 is 13.9 Å². The van der Waals surface area contributed by atoms with Crippen molar-refractivity contribution < 1.29 is 32.8 Å². The summed E-state index contributed by atoms with van der Waals surface area (Å²) in [5, 5.41) is 3.07. The molecule has 8 nitrogen and oxygen atoms in total. The number of alkyl halides is 1. The van der Waals surface area contributed by atoms with Crippen LogP contribution >= 0.6 is 23.8 Å². The number of carbonyl (C=O) groups is 1. The first-order valence-corrected chi connectivity index (χ1v) is 17.8. The van der Waals surface area contributed by atoms with E-state index in [-0.39, 0.29) is 19.8 Å². The van der Waals surface area contributed by atoms with Gasteiger partial charge in [0.25, 0.3) is 0 Å². The summed E-state index contributed by atoms with van der Waals surface area (Å²) >= 11 is 3.13. The number of rotatable bonds is 29. The number of nitrogens with one attached hydrogen (secondary N) is 1. The van der Waals surface area contributed by atoms with Gasteiger partial charge in [-0.15, -0.1) is 0 Å². The average molecular weight is 631 g/mol. The van der Waals surface area contributed by atoms with Crippen LogP contribution in [0.25, 0.3) is 0 Å². The highest BCUT2D eigenvalue weighted by Gasteiger charge is 2.25. The number of hydrogen-bond donors (Lipinski definition) is 2. The molecule has 0 heterocycles. The van der Waals surface area contributed by atoms with Crippen molar-refractivity contribution in [3.63, 3.8) is 0 Å². The van der Waals surface area contributed by atoms with E-state index in [2.05, 4.69) is 28.2 Å². The van der Waals surface area contributed by atoms with Gasteiger partial charge in [-0.3, -0.25) is 9.05 Å². The van der Waals surface area contributed by atoms with E-state index in [1.165, 1.54) is 89.9 Å². The minimum absolute atomic E-state index is 0.0343. The Hall–Kier alpha value is -0.180. The molecule has 0 aromatic heterocycles. The summed E-state index contributed by atoms with van der Waals surface area (Å²) in [6.07, 6.45) is 21.4. The summed E-state index contributed by atoms with van der Waals surface area (Å²) in [5.74, 6) is 0. The molecule has 38 heavy (non-hydrogen) atoms. The minimum atomic E-state index is -4.21. The number of phosphoric acid groups is 1. The number of amides is 1. The van der Waals surface area contributed by atoms with Gasteiger partial charge in [0, 0.05) is 18.5 Å². The molecule has 228 valence electrons. The maximum atomic E-state index is 12.0. The Labute approximate surface area is 241 Å². The molecule has 0 bridgehead atoms. The minimum Gasteiger partial charge on any atom is -0.441 e. The van der Waals surface area contributed by atoms with E-state index < -0.39 is 20.0 Å². The zero-order valence-electron chi connectivity index (χ0n) is 24.3. The molecular formula is C28H57BrNO7P. The number of unbranched alkanes of at least 4 members (excludes halogenated alkanes) is 16. The molecule has 0 aliphatic rings. The smallest absolute Gasteiger partial charge is 0.441 e. The quantitative estimate of drug-likeness (QED) is 0.0484. The molecular weight excluding hydrogens is 573 g/mol. The lowest BCUT2D eigenvalue weighted by Gasteiger charge is -2.20. The van der Waals surface area contributed by atoms with Crippen LogP contribution in [0.1, 0.15) is 129 Å². The molecule has 10 heteroatoms. The van der Waals surface area contributed by atoms with Crippen LogP contribution in [0.3, 0.4) is 0 Å². The summed E-state index contributed by atoms with van der Waals surface area (Å²) in [4.78, 5) is 21.7. The molecule has 0 fully saturated rings. The number of alkyl carbamates (subject to hydrolysis) is 1. The fraction of sp³-hybridized carbons (Fsp3) is 0.964. The summed E-state index contributed by atoms with van der Waals surface area (Å²) in [6.45, 7) is 5.20. The van der Waals surface area contributed by atoms with E-state index in [9.17, 15) is 14.3 Å². The summed E-state index contributed by atoms with van der Waals surface area (Å²) in [5.41, 5.74) is 0. The number of carbonyl (C=O) groups excluding carboxylic acids is 1. The van der Waals surface area contributed by atoms with Crippen molar-refractivity contribution in [2.75, 3.05) is 38.3 Å². The predicted octanol–water partition coefficient (Wildman–Crippen LogP) is 8.69. The van der Waals surface area contributed by atoms with Crippen molar-refractivity contribution in [2.45, 2.75) is 136 Å². The van der Waals surface area contributed by atoms with Gasteiger partial charge < -0.3 is 19.7 Å². The van der Waals surface area contributed by atoms with Crippen LogP contribution in [0.5, 0.6) is 0 Å². The third-order valence-corrected chi connectivity index (χ3v) is 7.58. The molecule has 0 aliphatic heterocycles. The van der Waals surface area contributed by atoms with E-state index in [4.69, 9.17) is 18.5 Å². The number of phosphoric ester groups is 1. The van der Waals surface area contributed by atoms with Gasteiger partial charge in [0.1, 0.15) is 0 Å². The van der Waals surface area contributed by atoms with Gasteiger partial charge in [-0.1, -0.05) is 133 Å². The third kappa shape index (κ3) is 27.4. The zero-order valence-corrected chi connectivity index (χ0v) is 26.8. The fourth-order valence-electron chi connectivity index (χ4n) is 4.01. The van der Waals surface area contributed by atoms with Crippen LogP contribution in [0.15, 0.2) is 0 Å². The lowest BCUT2D eigenvalue weighted by atomic mass is 10.0. The van der Waals surface area contributed by atoms with Gasteiger partial charge in [-0.05, 0) is 12.8 Å². The van der Waals surface area contributed by atoms with Crippen molar-refractivity contribution in [1.29, 1.82) is 0 Å². The average Bonchev–Trinajstić information content (AvgIpc) is 2.90. The second-order valence-corrected chi connectivity index (χ2v) is 12.2. The Kier molecular flexibility index (Phi) is 28.2. The van der Waals surface area contributed by atoms with Gasteiger partial charge in [0.2, 0.25) is 0 Å². The maximum Gasteiger partial charge on any atom is 0.472 e. The molecule has 0 saturated carbocycles. The Morgan fingerprint density at radius 3 is 1.74 bits per heavy atom. The summed E-state index contributed by atoms with van der Waals surface area (Å²) < 4.78 is 32.7. The first-order chi connectivity index (χ1) is 18.4. The monoisotopic (exact) mass is 629 g/mol. The Balaban J connectivity index is 3.85. The van der Waals surface area contributed by atoms with Crippen molar-refractivity contribution in [3.8, 4) is 0 Å². The van der Waals surface area contributed by atoms with E-state index in [1.807, 2.05) is 6.92 Å². The molecule has 2 unspecified atom stereocenters. The largest absolute Gasteiger partial charge is 0.472 e. The predicted molar refractivity (Wildman–Crippen MR) is 159 cm³/mol. The van der Waals surface area contributed by atoms with Crippen molar-refractivity contribution >= 4 is 29.8 Å². The van der Waals surface area contributed by atoms with E-state index >= 15 is 0 Å². The molecule has 2 atom stereocenters. The maximum absolute atomic E-state index is 12.0. The summed E-state index contributed by atoms with van der Waals surface area (Å²) in [7, 11) is -4.21. The summed E-state index contributed by atoms with van der Waals surface area (Å²) in [6, 6.07) is 0. The Bertz CT molecular complexity index is 571. The van der Waals surface area contributed by atoms with Crippen LogP contribution in [0.2, 0.25) is 0 Å². The molecule has 0 spiro atoms. The number of ether oxygens (including phenoxy) is 2. The second kappa shape index (κ2) is 28.4. The number of halogens is 1. The molecule has 2 N–H and O–H groups in total. The van der Waals surface area contributed by atoms with Crippen LogP contribution in [0.4, 0.5) is 4.79 Å². The van der Waals surface area contributed by atoms with Gasteiger partial charge in [-0.25, -0.2) is 9.36 Å². The first-order valence-electron chi connectivity index (χ1n) is 15.1. The van der Waals surface area contributed by atoms with Gasteiger partial charge in [0.05, 0.1) is 19.8 Å².